The van der Waals surface area contributed by atoms with Crippen LogP contribution in [0.15, 0.2) is 48.7 Å². The van der Waals surface area contributed by atoms with E-state index in [4.69, 9.17) is 16.3 Å². The predicted molar refractivity (Wildman–Crippen MR) is 125 cm³/mol. The third-order valence-electron chi connectivity index (χ3n) is 5.05. The number of carbonyl (C=O) groups excluding carboxylic acids is 1. The molecule has 0 spiro atoms. The molecule has 2 heterocycles. The van der Waals surface area contributed by atoms with Gasteiger partial charge in [-0.15, -0.1) is 0 Å². The number of hydrogen-bond donors (Lipinski definition) is 0. The van der Waals surface area contributed by atoms with Crippen LogP contribution >= 0.6 is 11.6 Å². The number of anilines is 2. The molecular formula is C23H21ClF2N6O2. The van der Waals surface area contributed by atoms with Crippen molar-refractivity contribution in [3.8, 4) is 11.8 Å². The number of amides is 1. The van der Waals surface area contributed by atoms with Gasteiger partial charge in [-0.05, 0) is 31.2 Å². The maximum Gasteiger partial charge on any atom is 0.324 e. The molecule has 11 heteroatoms. The van der Waals surface area contributed by atoms with E-state index in [2.05, 4.69) is 15.0 Å². The maximum absolute atomic E-state index is 14.0. The van der Waals surface area contributed by atoms with E-state index in [1.807, 2.05) is 13.0 Å². The van der Waals surface area contributed by atoms with Crippen LogP contribution in [0.1, 0.15) is 6.92 Å². The van der Waals surface area contributed by atoms with E-state index >= 15 is 0 Å². The molecule has 0 saturated carbocycles. The molecule has 0 bridgehead atoms. The van der Waals surface area contributed by atoms with Crippen LogP contribution in [0.4, 0.5) is 20.4 Å². The van der Waals surface area contributed by atoms with Gasteiger partial charge < -0.3 is 14.5 Å². The van der Waals surface area contributed by atoms with Gasteiger partial charge in [0.15, 0.2) is 17.3 Å². The predicted octanol–water partition coefficient (Wildman–Crippen LogP) is 4.80. The molecule has 0 aliphatic rings. The summed E-state index contributed by atoms with van der Waals surface area (Å²) < 4.78 is 35.1. The number of nitrogens with zero attached hydrogens (tertiary/aromatic N) is 6. The zero-order valence-corrected chi connectivity index (χ0v) is 19.4. The van der Waals surface area contributed by atoms with Gasteiger partial charge in [-0.25, -0.2) is 18.7 Å². The Labute approximate surface area is 199 Å². The Kier molecular flexibility index (Phi) is 6.60. The standard InChI is InChI=1S/C23H21ClF2N6O2/c1-4-31-21-17(12-27-22(29-21)34-20-15(25)9-7-10-16(20)26)28-23(31)32(13-19(33)30(2)3)18-11-6-5-8-14(18)24/h5-12H,4,13H2,1-3H3. The lowest BCUT2D eigenvalue weighted by Gasteiger charge is -2.26. The Morgan fingerprint density at radius 3 is 2.44 bits per heavy atom. The van der Waals surface area contributed by atoms with E-state index < -0.39 is 17.4 Å². The molecule has 0 aliphatic heterocycles. The summed E-state index contributed by atoms with van der Waals surface area (Å²) in [4.78, 5) is 28.8. The van der Waals surface area contributed by atoms with Gasteiger partial charge in [0.2, 0.25) is 17.6 Å². The zero-order chi connectivity index (χ0) is 24.4. The van der Waals surface area contributed by atoms with Crippen molar-refractivity contribution in [2.45, 2.75) is 13.5 Å². The van der Waals surface area contributed by atoms with Crippen LogP contribution in [0.2, 0.25) is 5.02 Å². The first-order valence-corrected chi connectivity index (χ1v) is 10.7. The summed E-state index contributed by atoms with van der Waals surface area (Å²) in [7, 11) is 3.32. The molecule has 0 N–H and O–H groups in total. The van der Waals surface area contributed by atoms with Crippen molar-refractivity contribution in [3.63, 3.8) is 0 Å². The molecule has 4 aromatic rings. The summed E-state index contributed by atoms with van der Waals surface area (Å²) in [6.45, 7) is 2.27. The minimum atomic E-state index is -0.875. The number of aryl methyl sites for hydroxylation is 1. The summed E-state index contributed by atoms with van der Waals surface area (Å²) in [6.07, 6.45) is 1.39. The van der Waals surface area contributed by atoms with E-state index in [0.29, 0.717) is 34.4 Å². The van der Waals surface area contributed by atoms with E-state index in [1.54, 1.807) is 41.8 Å². The molecule has 2 aromatic carbocycles. The number of benzene rings is 2. The Morgan fingerprint density at radius 2 is 1.79 bits per heavy atom. The normalized spacial score (nSPS) is 11.0. The number of fused-ring (bicyclic) bond motifs is 1. The molecule has 0 saturated heterocycles. The van der Waals surface area contributed by atoms with Gasteiger partial charge in [-0.2, -0.15) is 4.98 Å². The minimum absolute atomic E-state index is 0.0305. The molecule has 0 atom stereocenters. The Bertz CT molecular complexity index is 1340. The molecule has 2 aromatic heterocycles. The molecule has 0 unspecified atom stereocenters. The number of carbonyl (C=O) groups is 1. The maximum atomic E-state index is 14.0. The van der Waals surface area contributed by atoms with Crippen LogP contribution in [-0.2, 0) is 11.3 Å². The quantitative estimate of drug-likeness (QED) is 0.373. The summed E-state index contributed by atoms with van der Waals surface area (Å²) >= 11 is 6.45. The fraction of sp³-hybridized carbons (Fsp3) is 0.217. The number of para-hydroxylation sites is 2. The molecular weight excluding hydrogens is 466 g/mol. The number of aromatic nitrogens is 4. The van der Waals surface area contributed by atoms with Gasteiger partial charge in [0, 0.05) is 20.6 Å². The van der Waals surface area contributed by atoms with E-state index in [1.165, 1.54) is 17.2 Å². The summed E-state index contributed by atoms with van der Waals surface area (Å²) in [5.74, 6) is -2.11. The highest BCUT2D eigenvalue weighted by atomic mass is 35.5. The van der Waals surface area contributed by atoms with E-state index in [9.17, 15) is 13.6 Å². The van der Waals surface area contributed by atoms with Gasteiger partial charge in [-0.1, -0.05) is 29.8 Å². The number of hydrogen-bond acceptors (Lipinski definition) is 6. The number of imidazole rings is 1. The fourth-order valence-corrected chi connectivity index (χ4v) is 3.56. The van der Waals surface area contributed by atoms with Crippen molar-refractivity contribution in [1.82, 2.24) is 24.4 Å². The molecule has 1 amide bonds. The Morgan fingerprint density at radius 1 is 1.09 bits per heavy atom. The van der Waals surface area contributed by atoms with Crippen molar-refractivity contribution in [2.75, 3.05) is 25.5 Å². The van der Waals surface area contributed by atoms with Gasteiger partial charge in [0.05, 0.1) is 16.9 Å². The second kappa shape index (κ2) is 9.60. The first kappa shape index (κ1) is 23.4. The highest BCUT2D eigenvalue weighted by molar-refractivity contribution is 6.33. The van der Waals surface area contributed by atoms with Gasteiger partial charge >= 0.3 is 6.01 Å². The summed E-state index contributed by atoms with van der Waals surface area (Å²) in [6, 6.07) is 10.2. The fourth-order valence-electron chi connectivity index (χ4n) is 3.32. The molecule has 0 fully saturated rings. The molecule has 4 rings (SSSR count). The van der Waals surface area contributed by atoms with E-state index in [0.717, 1.165) is 12.1 Å². The lowest BCUT2D eigenvalue weighted by Crippen LogP contribution is -2.35. The average molecular weight is 487 g/mol. The molecule has 0 radical (unpaired) electrons. The van der Waals surface area contributed by atoms with Gasteiger partial charge in [0.25, 0.3) is 0 Å². The summed E-state index contributed by atoms with van der Waals surface area (Å²) in [5.41, 5.74) is 1.36. The minimum Gasteiger partial charge on any atom is -0.418 e. The lowest BCUT2D eigenvalue weighted by molar-refractivity contribution is -0.127. The molecule has 176 valence electrons. The third-order valence-corrected chi connectivity index (χ3v) is 5.37. The van der Waals surface area contributed by atoms with Crippen molar-refractivity contribution in [2.24, 2.45) is 0 Å². The van der Waals surface area contributed by atoms with Crippen LogP contribution in [0.3, 0.4) is 0 Å². The van der Waals surface area contributed by atoms with Crippen molar-refractivity contribution in [3.05, 3.63) is 65.3 Å². The average Bonchev–Trinajstić information content (AvgIpc) is 3.18. The first-order chi connectivity index (χ1) is 16.3. The monoisotopic (exact) mass is 486 g/mol. The van der Waals surface area contributed by atoms with Gasteiger partial charge in [-0.3, -0.25) is 9.36 Å². The second-order valence-electron chi connectivity index (χ2n) is 7.50. The molecule has 34 heavy (non-hydrogen) atoms. The van der Waals surface area contributed by atoms with Crippen LogP contribution in [0.25, 0.3) is 11.2 Å². The van der Waals surface area contributed by atoms with Crippen molar-refractivity contribution in [1.29, 1.82) is 0 Å². The van der Waals surface area contributed by atoms with Crippen molar-refractivity contribution >= 4 is 40.3 Å². The summed E-state index contributed by atoms with van der Waals surface area (Å²) in [5, 5.41) is 0.439. The Balaban J connectivity index is 1.82. The second-order valence-corrected chi connectivity index (χ2v) is 7.90. The highest BCUT2D eigenvalue weighted by Gasteiger charge is 2.24. The lowest BCUT2D eigenvalue weighted by atomic mass is 10.3. The highest BCUT2D eigenvalue weighted by Crippen LogP contribution is 2.33. The SMILES string of the molecule is CCn1c(N(CC(=O)N(C)C)c2ccccc2Cl)nc2cnc(Oc3c(F)cccc3F)nc21. The largest absolute Gasteiger partial charge is 0.418 e. The number of halogens is 3. The first-order valence-electron chi connectivity index (χ1n) is 10.4. The van der Waals surface area contributed by atoms with Crippen LogP contribution in [-0.4, -0.2) is 51.0 Å². The third kappa shape index (κ3) is 4.49. The zero-order valence-electron chi connectivity index (χ0n) is 18.7. The number of rotatable bonds is 7. The van der Waals surface area contributed by atoms with Crippen LogP contribution in [0, 0.1) is 11.6 Å². The smallest absolute Gasteiger partial charge is 0.324 e. The van der Waals surface area contributed by atoms with Crippen LogP contribution in [0.5, 0.6) is 11.8 Å². The number of ether oxygens (including phenoxy) is 1. The van der Waals surface area contributed by atoms with Crippen molar-refractivity contribution < 1.29 is 18.3 Å². The van der Waals surface area contributed by atoms with Gasteiger partial charge in [0.1, 0.15) is 12.1 Å². The molecule has 0 aliphatic carbocycles. The van der Waals surface area contributed by atoms with Crippen LogP contribution < -0.4 is 9.64 Å². The number of likely N-dealkylation sites (N-methyl/N-ethyl adjacent to an activating group) is 1. The Hall–Kier alpha value is -3.79. The molecule has 8 nitrogen and oxygen atoms in total. The topological polar surface area (TPSA) is 76.4 Å². The van der Waals surface area contributed by atoms with E-state index in [-0.39, 0.29) is 18.5 Å².